The normalized spacial score (nSPS) is 11.7. The van der Waals surface area contributed by atoms with Crippen molar-refractivity contribution < 1.29 is 0 Å². The Bertz CT molecular complexity index is 1190. The Balaban J connectivity index is 2.29. The molecule has 0 saturated heterocycles. The van der Waals surface area contributed by atoms with E-state index >= 15 is 0 Å². The van der Waals surface area contributed by atoms with Crippen LogP contribution in [0.5, 0.6) is 0 Å². The molecule has 0 atom stereocenters. The zero-order valence-corrected chi connectivity index (χ0v) is 55.9. The quantitative estimate of drug-likeness (QED) is 0.0570. The highest BCUT2D eigenvalue weighted by Crippen LogP contribution is 2.27. The van der Waals surface area contributed by atoms with Crippen LogP contribution in [0.15, 0.2) is 12.1 Å². The van der Waals surface area contributed by atoms with Crippen LogP contribution in [0, 0.1) is 6.92 Å². The first-order chi connectivity index (χ1) is 39.2. The van der Waals surface area contributed by atoms with E-state index in [4.69, 9.17) is 0 Å². The van der Waals surface area contributed by atoms with E-state index < -0.39 is 0 Å². The van der Waals surface area contributed by atoms with Gasteiger partial charge in [-0.3, -0.25) is 0 Å². The minimum absolute atomic E-state index is 1.32. The Hall–Kier alpha value is -0.780. The number of benzene rings is 1. The molecule has 0 unspecified atom stereocenters. The Kier molecular flexibility index (Phi) is 64.0. The number of unbranched alkanes of at least 4 members (excludes halogenated alkanes) is 63. The van der Waals surface area contributed by atoms with Gasteiger partial charge in [-0.15, -0.1) is 0 Å². The number of hydrogen-bond acceptors (Lipinski definition) is 0. The lowest BCUT2D eigenvalue weighted by Crippen LogP contribution is -2.03. The molecule has 0 saturated carbocycles. The van der Waals surface area contributed by atoms with Crippen molar-refractivity contribution in [3.8, 4) is 0 Å². The lowest BCUT2D eigenvalue weighted by atomic mass is 9.88. The van der Waals surface area contributed by atoms with Gasteiger partial charge in [-0.1, -0.05) is 443 Å². The van der Waals surface area contributed by atoms with E-state index in [1.807, 2.05) is 0 Å². The third-order valence-electron chi connectivity index (χ3n) is 19.0. The Morgan fingerprint density at radius 3 is 0.443 bits per heavy atom. The monoisotopic (exact) mass is 1100 g/mol. The van der Waals surface area contributed by atoms with E-state index in [9.17, 15) is 0 Å². The summed E-state index contributed by atoms with van der Waals surface area (Å²) in [5.74, 6) is 0. The highest BCUT2D eigenvalue weighted by Gasteiger charge is 2.11. The zero-order chi connectivity index (χ0) is 56.5. The lowest BCUT2D eigenvalue weighted by molar-refractivity contribution is 0.518. The molecule has 0 spiro atoms. The van der Waals surface area contributed by atoms with Gasteiger partial charge in [0.05, 0.1) is 0 Å². The highest BCUT2D eigenvalue weighted by atomic mass is 14.2. The second-order valence-electron chi connectivity index (χ2n) is 27.1. The fourth-order valence-corrected chi connectivity index (χ4v) is 13.5. The summed E-state index contributed by atoms with van der Waals surface area (Å²) in [4.78, 5) is 0. The van der Waals surface area contributed by atoms with Crippen molar-refractivity contribution in [2.75, 3.05) is 0 Å². The molecule has 0 radical (unpaired) electrons. The van der Waals surface area contributed by atoms with E-state index in [2.05, 4.69) is 39.8 Å². The van der Waals surface area contributed by atoms with Gasteiger partial charge in [0.25, 0.3) is 0 Å². The molecule has 79 heavy (non-hydrogen) atoms. The molecule has 0 aromatic heterocycles. The minimum atomic E-state index is 1.32. The maximum atomic E-state index is 2.62. The maximum Gasteiger partial charge on any atom is -0.0273 e. The molecule has 0 aliphatic carbocycles. The molecule has 1 aromatic carbocycles. The van der Waals surface area contributed by atoms with Crippen molar-refractivity contribution in [3.63, 3.8) is 0 Å². The fourth-order valence-electron chi connectivity index (χ4n) is 13.5. The molecular formula is C79H152. The van der Waals surface area contributed by atoms with Crippen LogP contribution in [-0.4, -0.2) is 0 Å². The standard InChI is InChI=1S/C79H152/c1-5-8-11-14-17-20-23-26-29-32-35-38-41-44-47-50-53-56-59-62-65-68-71-77-74-76(4)75-78(72-69-66-63-60-57-54-51-48-45-42-39-36-33-30-27-24-21-18-15-12-9-6-2)79(77)73-70-67-64-61-58-55-52-49-46-43-40-37-34-31-28-25-22-19-16-13-10-7-3/h74-75H,5-73H2,1-4H3. The average molecular weight is 1100 g/mol. The highest BCUT2D eigenvalue weighted by molar-refractivity contribution is 5.39. The van der Waals surface area contributed by atoms with Gasteiger partial charge in [0, 0.05) is 0 Å². The minimum Gasteiger partial charge on any atom is -0.0654 e. The molecule has 0 heteroatoms. The number of rotatable bonds is 69. The van der Waals surface area contributed by atoms with Crippen molar-refractivity contribution in [1.29, 1.82) is 0 Å². The summed E-state index contributed by atoms with van der Waals surface area (Å²) in [5, 5.41) is 0. The summed E-state index contributed by atoms with van der Waals surface area (Å²) in [6.45, 7) is 9.36. The molecule has 0 nitrogen and oxygen atoms in total. The molecule has 468 valence electrons. The van der Waals surface area contributed by atoms with Crippen LogP contribution in [0.25, 0.3) is 0 Å². The van der Waals surface area contributed by atoms with Crippen LogP contribution in [0.4, 0.5) is 0 Å². The molecule has 0 heterocycles. The summed E-state index contributed by atoms with van der Waals surface area (Å²) in [7, 11) is 0. The van der Waals surface area contributed by atoms with Crippen LogP contribution < -0.4 is 0 Å². The molecule has 0 N–H and O–H groups in total. The van der Waals surface area contributed by atoms with Gasteiger partial charge in [0.1, 0.15) is 0 Å². The summed E-state index contributed by atoms with van der Waals surface area (Å²) in [6, 6.07) is 5.24. The second kappa shape index (κ2) is 66.4. The van der Waals surface area contributed by atoms with Crippen LogP contribution in [-0.2, 0) is 19.3 Å². The van der Waals surface area contributed by atoms with Crippen LogP contribution in [0.1, 0.15) is 467 Å². The van der Waals surface area contributed by atoms with Gasteiger partial charge in [0.15, 0.2) is 0 Å². The maximum absolute atomic E-state index is 2.62. The number of aryl methyl sites for hydroxylation is 3. The van der Waals surface area contributed by atoms with Crippen molar-refractivity contribution in [1.82, 2.24) is 0 Å². The van der Waals surface area contributed by atoms with Gasteiger partial charge in [-0.05, 0) is 62.1 Å². The smallest absolute Gasteiger partial charge is 0.0273 e. The van der Waals surface area contributed by atoms with Gasteiger partial charge >= 0.3 is 0 Å². The Labute approximate surface area is 502 Å². The first kappa shape index (κ1) is 76.2. The summed E-state index contributed by atoms with van der Waals surface area (Å²) in [6.07, 6.45) is 101. The molecule has 0 aliphatic heterocycles. The van der Waals surface area contributed by atoms with Gasteiger partial charge < -0.3 is 0 Å². The molecule has 0 aliphatic rings. The van der Waals surface area contributed by atoms with Crippen molar-refractivity contribution in [2.24, 2.45) is 0 Å². The van der Waals surface area contributed by atoms with Gasteiger partial charge in [0.2, 0.25) is 0 Å². The number of hydrogen-bond donors (Lipinski definition) is 0. The summed E-state index contributed by atoms with van der Waals surface area (Å²) < 4.78 is 0. The van der Waals surface area contributed by atoms with Crippen LogP contribution in [0.3, 0.4) is 0 Å². The molecule has 0 bridgehead atoms. The topological polar surface area (TPSA) is 0 Å². The lowest BCUT2D eigenvalue weighted by Gasteiger charge is -2.17. The van der Waals surface area contributed by atoms with E-state index in [1.165, 1.54) is 449 Å². The summed E-state index contributed by atoms with van der Waals surface area (Å²) >= 11 is 0. The van der Waals surface area contributed by atoms with E-state index in [-0.39, 0.29) is 0 Å². The predicted molar refractivity (Wildman–Crippen MR) is 364 cm³/mol. The molecular weight excluding hydrogens is 949 g/mol. The second-order valence-corrected chi connectivity index (χ2v) is 27.1. The first-order valence-corrected chi connectivity index (χ1v) is 38.3. The van der Waals surface area contributed by atoms with E-state index in [1.54, 1.807) is 16.7 Å². The van der Waals surface area contributed by atoms with Gasteiger partial charge in [-0.2, -0.15) is 0 Å². The third-order valence-corrected chi connectivity index (χ3v) is 19.0. The van der Waals surface area contributed by atoms with Crippen LogP contribution in [0.2, 0.25) is 0 Å². The SMILES string of the molecule is CCCCCCCCCCCCCCCCCCCCCCCCc1cc(C)cc(CCCCCCCCCCCCCCCCCCCCCCCC)c1CCCCCCCCCCCCCCCCCCCCCCCC. The largest absolute Gasteiger partial charge is 0.0654 e. The van der Waals surface area contributed by atoms with Crippen molar-refractivity contribution >= 4 is 0 Å². The van der Waals surface area contributed by atoms with Gasteiger partial charge in [-0.25, -0.2) is 0 Å². The van der Waals surface area contributed by atoms with Crippen molar-refractivity contribution in [2.45, 2.75) is 471 Å². The fraction of sp³-hybridized carbons (Fsp3) is 0.924. The molecule has 0 amide bonds. The van der Waals surface area contributed by atoms with E-state index in [0.29, 0.717) is 0 Å². The molecule has 0 fully saturated rings. The third kappa shape index (κ3) is 57.4. The predicted octanol–water partition coefficient (Wildman–Crippen LogP) is 29.4. The molecule has 1 rings (SSSR count). The van der Waals surface area contributed by atoms with E-state index in [0.717, 1.165) is 0 Å². The molecule has 1 aromatic rings. The first-order valence-electron chi connectivity index (χ1n) is 38.3. The Morgan fingerprint density at radius 1 is 0.165 bits per heavy atom. The average Bonchev–Trinajstić information content (AvgIpc) is 3.47. The van der Waals surface area contributed by atoms with Crippen LogP contribution >= 0.6 is 0 Å². The Morgan fingerprint density at radius 2 is 0.291 bits per heavy atom. The van der Waals surface area contributed by atoms with Crippen molar-refractivity contribution in [3.05, 3.63) is 34.4 Å². The summed E-state index contributed by atoms with van der Waals surface area (Å²) in [5.41, 5.74) is 6.81. The zero-order valence-electron chi connectivity index (χ0n) is 55.9.